The maximum atomic E-state index is 14.4. The highest BCUT2D eigenvalue weighted by Gasteiger charge is 2.36. The molecule has 0 bridgehead atoms. The van der Waals surface area contributed by atoms with E-state index in [1.165, 1.54) is 14.2 Å². The van der Waals surface area contributed by atoms with E-state index in [1.54, 1.807) is 35.6 Å². The van der Waals surface area contributed by atoms with E-state index in [1.807, 2.05) is 27.7 Å². The maximum Gasteiger partial charge on any atom is 0.410 e. The lowest BCUT2D eigenvalue weighted by atomic mass is 9.96. The van der Waals surface area contributed by atoms with Gasteiger partial charge < -0.3 is 24.4 Å². The highest BCUT2D eigenvalue weighted by Crippen LogP contribution is 2.35. The summed E-state index contributed by atoms with van der Waals surface area (Å²) in [4.78, 5) is 27.6. The number of benzene rings is 1. The minimum absolute atomic E-state index is 0.00442. The SMILES string of the molecule is COC(CNC(=O)Cc1c2c(nn1-c1cc(C)c(F)c(C)c1)CCN(C(=O)OC(C)(C)C)[C@H]2C)OC. The van der Waals surface area contributed by atoms with Crippen molar-refractivity contribution in [3.8, 4) is 5.69 Å². The number of nitrogens with one attached hydrogen (secondary N) is 1. The number of methoxy groups -OCH3 is 2. The molecule has 0 saturated carbocycles. The van der Waals surface area contributed by atoms with E-state index in [0.717, 1.165) is 11.3 Å². The van der Waals surface area contributed by atoms with Crippen molar-refractivity contribution in [1.82, 2.24) is 20.0 Å². The van der Waals surface area contributed by atoms with Crippen molar-refractivity contribution in [3.63, 3.8) is 0 Å². The predicted octanol–water partition coefficient (Wildman–Crippen LogP) is 3.76. The Hall–Kier alpha value is -2.98. The average molecular weight is 505 g/mol. The molecule has 0 unspecified atom stereocenters. The molecule has 2 aromatic rings. The van der Waals surface area contributed by atoms with Crippen LogP contribution in [0.3, 0.4) is 0 Å². The van der Waals surface area contributed by atoms with Gasteiger partial charge in [-0.15, -0.1) is 0 Å². The summed E-state index contributed by atoms with van der Waals surface area (Å²) in [6.07, 6.45) is -0.475. The highest BCUT2D eigenvalue weighted by atomic mass is 19.1. The van der Waals surface area contributed by atoms with E-state index in [9.17, 15) is 14.0 Å². The monoisotopic (exact) mass is 504 g/mol. The smallest absolute Gasteiger partial charge is 0.410 e. The molecule has 0 aliphatic carbocycles. The van der Waals surface area contributed by atoms with Crippen LogP contribution < -0.4 is 5.32 Å². The topological polar surface area (TPSA) is 94.9 Å². The zero-order valence-corrected chi connectivity index (χ0v) is 22.4. The third-order valence-electron chi connectivity index (χ3n) is 6.19. The predicted molar refractivity (Wildman–Crippen MR) is 133 cm³/mol. The third kappa shape index (κ3) is 6.04. The fraction of sp³-hybridized carbons (Fsp3) is 0.577. The molecule has 198 valence electrons. The standard InChI is InChI=1S/C26H37FN4O5/c1-15-11-18(12-16(2)24(15)27)31-20(13-21(32)28-14-22(34-7)35-8)23-17(3)30(10-9-19(23)29-31)25(33)36-26(4,5)6/h11-12,17,22H,9-10,13-14H2,1-8H3,(H,28,32)/t17-/m0/s1. The average Bonchev–Trinajstić information content (AvgIpc) is 3.15. The van der Waals surface area contributed by atoms with E-state index in [-0.39, 0.29) is 30.7 Å². The summed E-state index contributed by atoms with van der Waals surface area (Å²) in [5.74, 6) is -0.528. The van der Waals surface area contributed by atoms with Gasteiger partial charge in [0.25, 0.3) is 0 Å². The number of aromatic nitrogens is 2. The second-order valence-corrected chi connectivity index (χ2v) is 10.1. The molecular formula is C26H37FN4O5. The molecule has 0 fully saturated rings. The maximum absolute atomic E-state index is 14.4. The van der Waals surface area contributed by atoms with Crippen molar-refractivity contribution in [2.45, 2.75) is 72.3 Å². The first-order valence-corrected chi connectivity index (χ1v) is 12.1. The Bertz CT molecular complexity index is 1100. The number of fused-ring (bicyclic) bond motifs is 1. The third-order valence-corrected chi connectivity index (χ3v) is 6.19. The van der Waals surface area contributed by atoms with Gasteiger partial charge in [0, 0.05) is 32.7 Å². The molecule has 36 heavy (non-hydrogen) atoms. The number of hydrogen-bond donors (Lipinski definition) is 1. The first-order valence-electron chi connectivity index (χ1n) is 12.1. The van der Waals surface area contributed by atoms with Crippen LogP contribution in [-0.2, 0) is 31.8 Å². The number of amides is 2. The Morgan fingerprint density at radius 3 is 2.36 bits per heavy atom. The van der Waals surface area contributed by atoms with Crippen LogP contribution in [0.15, 0.2) is 12.1 Å². The van der Waals surface area contributed by atoms with Gasteiger partial charge in [-0.2, -0.15) is 5.10 Å². The molecule has 1 aliphatic heterocycles. The lowest BCUT2D eigenvalue weighted by molar-refractivity contribution is -0.126. The lowest BCUT2D eigenvalue weighted by Crippen LogP contribution is -2.42. The Morgan fingerprint density at radius 1 is 1.19 bits per heavy atom. The molecule has 2 amide bonds. The molecule has 10 heteroatoms. The molecule has 2 heterocycles. The van der Waals surface area contributed by atoms with E-state index in [4.69, 9.17) is 19.3 Å². The summed E-state index contributed by atoms with van der Waals surface area (Å²) in [6, 6.07) is 3.06. The van der Waals surface area contributed by atoms with Gasteiger partial charge in [0.2, 0.25) is 5.91 Å². The number of carbonyl (C=O) groups excluding carboxylic acids is 2. The lowest BCUT2D eigenvalue weighted by Gasteiger charge is -2.35. The summed E-state index contributed by atoms with van der Waals surface area (Å²) in [5.41, 5.74) is 3.24. The van der Waals surface area contributed by atoms with Crippen LogP contribution in [0.5, 0.6) is 0 Å². The summed E-state index contributed by atoms with van der Waals surface area (Å²) in [7, 11) is 3.00. The van der Waals surface area contributed by atoms with Crippen molar-refractivity contribution < 1.29 is 28.2 Å². The molecule has 0 saturated heterocycles. The van der Waals surface area contributed by atoms with Crippen molar-refractivity contribution in [2.24, 2.45) is 0 Å². The van der Waals surface area contributed by atoms with E-state index in [2.05, 4.69) is 5.32 Å². The van der Waals surface area contributed by atoms with Crippen LogP contribution in [0, 0.1) is 19.7 Å². The molecule has 0 spiro atoms. The molecule has 1 atom stereocenters. The van der Waals surface area contributed by atoms with Crippen LogP contribution in [0.1, 0.15) is 61.8 Å². The molecule has 1 aromatic carbocycles. The first kappa shape index (κ1) is 27.6. The van der Waals surface area contributed by atoms with Gasteiger partial charge in [-0.1, -0.05) is 0 Å². The largest absolute Gasteiger partial charge is 0.444 e. The minimum Gasteiger partial charge on any atom is -0.444 e. The van der Waals surface area contributed by atoms with Gasteiger partial charge >= 0.3 is 6.09 Å². The molecule has 9 nitrogen and oxygen atoms in total. The number of ether oxygens (including phenoxy) is 3. The van der Waals surface area contributed by atoms with Gasteiger partial charge in [0.05, 0.1) is 36.1 Å². The van der Waals surface area contributed by atoms with Crippen molar-refractivity contribution in [2.75, 3.05) is 27.3 Å². The van der Waals surface area contributed by atoms with Crippen molar-refractivity contribution in [1.29, 1.82) is 0 Å². The quantitative estimate of drug-likeness (QED) is 0.577. The van der Waals surface area contributed by atoms with E-state index >= 15 is 0 Å². The summed E-state index contributed by atoms with van der Waals surface area (Å²) < 4.78 is 32.0. The highest BCUT2D eigenvalue weighted by molar-refractivity contribution is 5.79. The van der Waals surface area contributed by atoms with Gasteiger partial charge in [-0.3, -0.25) is 4.79 Å². The summed E-state index contributed by atoms with van der Waals surface area (Å²) in [5, 5.41) is 7.64. The fourth-order valence-corrected chi connectivity index (χ4v) is 4.43. The Kier molecular flexibility index (Phi) is 8.40. The number of carbonyl (C=O) groups is 2. The molecular weight excluding hydrogens is 467 g/mol. The summed E-state index contributed by atoms with van der Waals surface area (Å²) in [6.45, 7) is 11.4. The Morgan fingerprint density at radius 2 is 1.81 bits per heavy atom. The number of rotatable bonds is 7. The molecule has 1 aromatic heterocycles. The number of hydrogen-bond acceptors (Lipinski definition) is 6. The van der Waals surface area contributed by atoms with E-state index < -0.39 is 18.0 Å². The Balaban J connectivity index is 2.03. The summed E-state index contributed by atoms with van der Waals surface area (Å²) >= 11 is 0. The van der Waals surface area contributed by atoms with Crippen LogP contribution in [0.4, 0.5) is 9.18 Å². The van der Waals surface area contributed by atoms with Gasteiger partial charge in [-0.05, 0) is 64.8 Å². The van der Waals surface area contributed by atoms with Crippen LogP contribution >= 0.6 is 0 Å². The zero-order valence-electron chi connectivity index (χ0n) is 22.4. The fourth-order valence-electron chi connectivity index (χ4n) is 4.43. The number of aryl methyl sites for hydroxylation is 2. The van der Waals surface area contributed by atoms with Crippen LogP contribution in [0.25, 0.3) is 5.69 Å². The van der Waals surface area contributed by atoms with Gasteiger partial charge in [-0.25, -0.2) is 13.9 Å². The van der Waals surface area contributed by atoms with Gasteiger partial charge in [0.15, 0.2) is 6.29 Å². The number of halogens is 1. The normalized spacial score (nSPS) is 15.7. The second kappa shape index (κ2) is 11.0. The van der Waals surface area contributed by atoms with Crippen molar-refractivity contribution >= 4 is 12.0 Å². The van der Waals surface area contributed by atoms with Crippen LogP contribution in [0.2, 0.25) is 0 Å². The van der Waals surface area contributed by atoms with E-state index in [0.29, 0.717) is 35.5 Å². The number of nitrogens with zero attached hydrogens (tertiary/aromatic N) is 3. The molecule has 0 radical (unpaired) electrons. The molecule has 1 aliphatic rings. The zero-order chi connectivity index (χ0) is 26.8. The molecule has 3 rings (SSSR count). The van der Waals surface area contributed by atoms with Crippen LogP contribution in [-0.4, -0.2) is 65.9 Å². The first-order chi connectivity index (χ1) is 16.9. The molecule has 1 N–H and O–H groups in total. The van der Waals surface area contributed by atoms with Crippen molar-refractivity contribution in [3.05, 3.63) is 46.0 Å². The van der Waals surface area contributed by atoms with Gasteiger partial charge in [0.1, 0.15) is 11.4 Å². The second-order valence-electron chi connectivity index (χ2n) is 10.1. The Labute approximate surface area is 211 Å². The minimum atomic E-state index is -0.633.